The van der Waals surface area contributed by atoms with Gasteiger partial charge in [-0.3, -0.25) is 0 Å². The number of hydrogen-bond acceptors (Lipinski definition) is 4. The summed E-state index contributed by atoms with van der Waals surface area (Å²) in [6, 6.07) is 13.2. The molecule has 4 N–H and O–H groups in total. The number of unbranched alkanes of at least 4 members (excludes halogenated alkanes) is 1. The predicted octanol–water partition coefficient (Wildman–Crippen LogP) is 3.40. The van der Waals surface area contributed by atoms with Gasteiger partial charge in [-0.05, 0) is 48.2 Å². The second-order valence-electron chi connectivity index (χ2n) is 5.33. The number of rotatable bonds is 6. The van der Waals surface area contributed by atoms with E-state index >= 15 is 0 Å². The summed E-state index contributed by atoms with van der Waals surface area (Å²) in [6.45, 7) is 2.48. The van der Waals surface area contributed by atoms with Crippen molar-refractivity contribution in [1.82, 2.24) is 0 Å². The Kier molecular flexibility index (Phi) is 5.42. The lowest BCUT2D eigenvalue weighted by Crippen LogP contribution is -2.10. The van der Waals surface area contributed by atoms with E-state index in [1.54, 1.807) is 12.1 Å². The normalized spacial score (nSPS) is 10.4. The smallest absolute Gasteiger partial charge is 0.340 e. The van der Waals surface area contributed by atoms with Crippen LogP contribution in [0.3, 0.4) is 0 Å². The van der Waals surface area contributed by atoms with E-state index in [-0.39, 0.29) is 5.97 Å². The van der Waals surface area contributed by atoms with E-state index in [9.17, 15) is 4.79 Å². The van der Waals surface area contributed by atoms with E-state index in [2.05, 4.69) is 6.92 Å². The molecule has 0 spiro atoms. The molecule has 0 amide bonds. The number of nitrogens with two attached hydrogens (primary N) is 2. The molecule has 4 heteroatoms. The van der Waals surface area contributed by atoms with Gasteiger partial charge < -0.3 is 16.2 Å². The van der Waals surface area contributed by atoms with Crippen LogP contribution in [-0.4, -0.2) is 12.6 Å². The minimum Gasteiger partial charge on any atom is -0.462 e. The van der Waals surface area contributed by atoms with Crippen molar-refractivity contribution in [3.05, 3.63) is 59.2 Å². The maximum atomic E-state index is 12.1. The van der Waals surface area contributed by atoms with Crippen LogP contribution in [0.2, 0.25) is 0 Å². The summed E-state index contributed by atoms with van der Waals surface area (Å²) in [5, 5.41) is 0. The van der Waals surface area contributed by atoms with Crippen LogP contribution in [0.4, 0.5) is 11.4 Å². The topological polar surface area (TPSA) is 78.3 Å². The van der Waals surface area contributed by atoms with Gasteiger partial charge in [-0.15, -0.1) is 0 Å². The number of carbonyl (C=O) groups excluding carboxylic acids is 1. The van der Waals surface area contributed by atoms with Crippen LogP contribution in [0.1, 0.15) is 41.3 Å². The SMILES string of the molecule is CCCCOC(=O)c1cc(Cc2ccc(N)cc2)ccc1N. The summed E-state index contributed by atoms with van der Waals surface area (Å²) >= 11 is 0. The van der Waals surface area contributed by atoms with Crippen molar-refractivity contribution in [2.45, 2.75) is 26.2 Å². The molecule has 0 aliphatic heterocycles. The number of nitrogen functional groups attached to an aromatic ring is 2. The van der Waals surface area contributed by atoms with Crippen molar-refractivity contribution in [3.63, 3.8) is 0 Å². The molecule has 0 saturated carbocycles. The van der Waals surface area contributed by atoms with Gasteiger partial charge in [0.25, 0.3) is 0 Å². The molecule has 4 nitrogen and oxygen atoms in total. The van der Waals surface area contributed by atoms with Gasteiger partial charge in [-0.25, -0.2) is 4.79 Å². The third kappa shape index (κ3) is 4.25. The molecule has 0 radical (unpaired) electrons. The average molecular weight is 298 g/mol. The molecule has 0 bridgehead atoms. The van der Waals surface area contributed by atoms with Gasteiger partial charge in [-0.1, -0.05) is 31.5 Å². The molecule has 0 atom stereocenters. The van der Waals surface area contributed by atoms with Crippen molar-refractivity contribution in [1.29, 1.82) is 0 Å². The lowest BCUT2D eigenvalue weighted by atomic mass is 10.0. The van der Waals surface area contributed by atoms with Crippen LogP contribution in [-0.2, 0) is 11.2 Å². The molecular formula is C18H22N2O2. The van der Waals surface area contributed by atoms with Gasteiger partial charge in [0.15, 0.2) is 0 Å². The molecule has 0 unspecified atom stereocenters. The Labute approximate surface area is 131 Å². The monoisotopic (exact) mass is 298 g/mol. The van der Waals surface area contributed by atoms with E-state index in [0.29, 0.717) is 17.9 Å². The Morgan fingerprint density at radius 1 is 1.05 bits per heavy atom. The summed E-state index contributed by atoms with van der Waals surface area (Å²) in [5.74, 6) is -0.356. The fraction of sp³-hybridized carbons (Fsp3) is 0.278. The highest BCUT2D eigenvalue weighted by molar-refractivity contribution is 5.95. The summed E-state index contributed by atoms with van der Waals surface area (Å²) in [7, 11) is 0. The van der Waals surface area contributed by atoms with E-state index in [4.69, 9.17) is 16.2 Å². The average Bonchev–Trinajstić information content (AvgIpc) is 2.51. The van der Waals surface area contributed by atoms with Crippen molar-refractivity contribution in [2.75, 3.05) is 18.1 Å². The van der Waals surface area contributed by atoms with Crippen LogP contribution in [0.5, 0.6) is 0 Å². The number of anilines is 2. The molecule has 2 aromatic rings. The van der Waals surface area contributed by atoms with Crippen LogP contribution >= 0.6 is 0 Å². The first-order chi connectivity index (χ1) is 10.6. The van der Waals surface area contributed by atoms with Crippen molar-refractivity contribution in [2.24, 2.45) is 0 Å². The van der Waals surface area contributed by atoms with Gasteiger partial charge in [0.1, 0.15) is 0 Å². The number of ether oxygens (including phenoxy) is 1. The molecule has 0 aromatic heterocycles. The van der Waals surface area contributed by atoms with Crippen LogP contribution in [0, 0.1) is 0 Å². The summed E-state index contributed by atoms with van der Waals surface area (Å²) < 4.78 is 5.23. The second kappa shape index (κ2) is 7.50. The molecule has 2 rings (SSSR count). The summed E-state index contributed by atoms with van der Waals surface area (Å²) in [5.41, 5.74) is 15.3. The Morgan fingerprint density at radius 2 is 1.73 bits per heavy atom. The number of carbonyl (C=O) groups is 1. The highest BCUT2D eigenvalue weighted by Crippen LogP contribution is 2.19. The van der Waals surface area contributed by atoms with E-state index in [0.717, 1.165) is 36.1 Å². The first kappa shape index (κ1) is 15.9. The van der Waals surface area contributed by atoms with E-state index < -0.39 is 0 Å². The first-order valence-corrected chi connectivity index (χ1v) is 7.50. The lowest BCUT2D eigenvalue weighted by Gasteiger charge is -2.09. The molecule has 0 heterocycles. The molecular weight excluding hydrogens is 276 g/mol. The summed E-state index contributed by atoms with van der Waals surface area (Å²) in [6.07, 6.45) is 2.56. The highest BCUT2D eigenvalue weighted by atomic mass is 16.5. The minimum atomic E-state index is -0.356. The Hall–Kier alpha value is -2.49. The Bertz CT molecular complexity index is 636. The Morgan fingerprint density at radius 3 is 2.41 bits per heavy atom. The fourth-order valence-electron chi connectivity index (χ4n) is 2.15. The zero-order valence-corrected chi connectivity index (χ0v) is 12.8. The molecule has 2 aromatic carbocycles. The standard InChI is InChI=1S/C18H22N2O2/c1-2-3-10-22-18(21)16-12-14(6-9-17(16)20)11-13-4-7-15(19)8-5-13/h4-9,12H,2-3,10-11,19-20H2,1H3. The zero-order valence-electron chi connectivity index (χ0n) is 12.8. The highest BCUT2D eigenvalue weighted by Gasteiger charge is 2.12. The fourth-order valence-corrected chi connectivity index (χ4v) is 2.15. The minimum absolute atomic E-state index is 0.356. The van der Waals surface area contributed by atoms with Gasteiger partial charge in [0.05, 0.1) is 12.2 Å². The molecule has 0 aliphatic rings. The van der Waals surface area contributed by atoms with Crippen molar-refractivity contribution >= 4 is 17.3 Å². The molecule has 0 saturated heterocycles. The lowest BCUT2D eigenvalue weighted by molar-refractivity contribution is 0.0501. The number of esters is 1. The molecule has 0 aliphatic carbocycles. The van der Waals surface area contributed by atoms with Crippen LogP contribution < -0.4 is 11.5 Å². The number of hydrogen-bond donors (Lipinski definition) is 2. The van der Waals surface area contributed by atoms with Crippen LogP contribution in [0.25, 0.3) is 0 Å². The van der Waals surface area contributed by atoms with E-state index in [1.165, 1.54) is 0 Å². The maximum absolute atomic E-state index is 12.1. The van der Waals surface area contributed by atoms with Gasteiger partial charge >= 0.3 is 5.97 Å². The molecule has 22 heavy (non-hydrogen) atoms. The zero-order chi connectivity index (χ0) is 15.9. The van der Waals surface area contributed by atoms with E-state index in [1.807, 2.05) is 30.3 Å². The second-order valence-corrected chi connectivity index (χ2v) is 5.33. The number of benzene rings is 2. The van der Waals surface area contributed by atoms with Crippen molar-refractivity contribution in [3.8, 4) is 0 Å². The van der Waals surface area contributed by atoms with Gasteiger partial charge in [-0.2, -0.15) is 0 Å². The quantitative estimate of drug-likeness (QED) is 0.487. The largest absolute Gasteiger partial charge is 0.462 e. The van der Waals surface area contributed by atoms with Crippen LogP contribution in [0.15, 0.2) is 42.5 Å². The third-order valence-electron chi connectivity index (χ3n) is 3.46. The third-order valence-corrected chi connectivity index (χ3v) is 3.46. The summed E-state index contributed by atoms with van der Waals surface area (Å²) in [4.78, 5) is 12.1. The molecule has 0 fully saturated rings. The Balaban J connectivity index is 2.12. The predicted molar refractivity (Wildman–Crippen MR) is 89.7 cm³/mol. The molecule has 116 valence electrons. The van der Waals surface area contributed by atoms with Gasteiger partial charge in [0.2, 0.25) is 0 Å². The first-order valence-electron chi connectivity index (χ1n) is 7.50. The van der Waals surface area contributed by atoms with Crippen molar-refractivity contribution < 1.29 is 9.53 Å². The maximum Gasteiger partial charge on any atom is 0.340 e. The van der Waals surface area contributed by atoms with Gasteiger partial charge in [0, 0.05) is 11.4 Å².